The summed E-state index contributed by atoms with van der Waals surface area (Å²) in [5, 5.41) is 2.73. The van der Waals surface area contributed by atoms with E-state index in [0.717, 1.165) is 11.1 Å². The van der Waals surface area contributed by atoms with Gasteiger partial charge in [-0.15, -0.1) is 0 Å². The van der Waals surface area contributed by atoms with Crippen molar-refractivity contribution in [1.82, 2.24) is 5.32 Å². The molecule has 25 heavy (non-hydrogen) atoms. The summed E-state index contributed by atoms with van der Waals surface area (Å²) in [4.78, 5) is 12.1. The molecule has 4 N–H and O–H groups in total. The van der Waals surface area contributed by atoms with Crippen LogP contribution in [0.4, 0.5) is 5.69 Å². The maximum absolute atomic E-state index is 12.5. The van der Waals surface area contributed by atoms with Gasteiger partial charge >= 0.3 is 0 Å². The second-order valence-electron chi connectivity index (χ2n) is 6.04. The summed E-state index contributed by atoms with van der Waals surface area (Å²) in [6.07, 6.45) is 0. The number of carbonyl (C=O) groups excluding carboxylic acids is 1. The minimum atomic E-state index is -3.71. The molecule has 134 valence electrons. The Morgan fingerprint density at radius 2 is 1.72 bits per heavy atom. The molecule has 0 aliphatic carbocycles. The third kappa shape index (κ3) is 4.80. The summed E-state index contributed by atoms with van der Waals surface area (Å²) >= 11 is 0. The first kappa shape index (κ1) is 19.0. The highest BCUT2D eigenvalue weighted by Crippen LogP contribution is 2.19. The number of hydrogen-bond donors (Lipinski definition) is 3. The smallest absolute Gasteiger partial charge is 0.261 e. The van der Waals surface area contributed by atoms with Crippen LogP contribution in [0.1, 0.15) is 28.4 Å². The third-order valence-corrected chi connectivity index (χ3v) is 5.31. The molecule has 0 aromatic heterocycles. The van der Waals surface area contributed by atoms with Crippen molar-refractivity contribution < 1.29 is 13.2 Å². The van der Waals surface area contributed by atoms with E-state index >= 15 is 0 Å². The Bertz CT molecular complexity index is 862. The molecule has 0 heterocycles. The molecule has 6 nitrogen and oxygen atoms in total. The van der Waals surface area contributed by atoms with Crippen molar-refractivity contribution in [3.63, 3.8) is 0 Å². The number of hydrogen-bond acceptors (Lipinski definition) is 4. The molecule has 0 unspecified atom stereocenters. The molecule has 0 saturated carbocycles. The van der Waals surface area contributed by atoms with Crippen molar-refractivity contribution >= 4 is 21.6 Å². The Morgan fingerprint density at radius 1 is 1.08 bits per heavy atom. The van der Waals surface area contributed by atoms with Crippen molar-refractivity contribution in [3.8, 4) is 0 Å². The number of rotatable bonds is 6. The summed E-state index contributed by atoms with van der Waals surface area (Å²) in [5.41, 5.74) is 8.44. The lowest BCUT2D eigenvalue weighted by atomic mass is 10.1. The molecule has 0 aliphatic heterocycles. The van der Waals surface area contributed by atoms with Gasteiger partial charge in [0, 0.05) is 23.8 Å². The van der Waals surface area contributed by atoms with E-state index in [2.05, 4.69) is 10.0 Å². The van der Waals surface area contributed by atoms with E-state index in [1.165, 1.54) is 24.3 Å². The van der Waals surface area contributed by atoms with E-state index in [9.17, 15) is 13.2 Å². The Morgan fingerprint density at radius 3 is 2.28 bits per heavy atom. The lowest BCUT2D eigenvalue weighted by molar-refractivity contribution is 0.0941. The van der Waals surface area contributed by atoms with Gasteiger partial charge in [-0.05, 0) is 68.3 Å². The second kappa shape index (κ2) is 7.67. The molecule has 2 aromatic rings. The van der Waals surface area contributed by atoms with E-state index < -0.39 is 10.0 Å². The van der Waals surface area contributed by atoms with Crippen molar-refractivity contribution in [2.24, 2.45) is 5.73 Å². The van der Waals surface area contributed by atoms with Crippen molar-refractivity contribution in [1.29, 1.82) is 0 Å². The fourth-order valence-electron chi connectivity index (χ4n) is 2.17. The molecule has 0 saturated heterocycles. The average Bonchev–Trinajstić information content (AvgIpc) is 2.58. The molecule has 1 amide bonds. The lowest BCUT2D eigenvalue weighted by Gasteiger charge is -2.12. The average molecular weight is 361 g/mol. The maximum atomic E-state index is 12.5. The van der Waals surface area contributed by atoms with Gasteiger partial charge in [-0.3, -0.25) is 9.52 Å². The van der Waals surface area contributed by atoms with Crippen LogP contribution in [0, 0.1) is 13.8 Å². The zero-order valence-electron chi connectivity index (χ0n) is 14.5. The second-order valence-corrected chi connectivity index (χ2v) is 7.72. The SMILES string of the molecule is Cc1ccc(NS(=O)(=O)c2ccc(C(=O)N[C@@H](C)CN)cc2)cc1C. The number of benzene rings is 2. The van der Waals surface area contributed by atoms with Crippen molar-refractivity contribution in [3.05, 3.63) is 59.2 Å². The van der Waals surface area contributed by atoms with E-state index in [0.29, 0.717) is 17.8 Å². The van der Waals surface area contributed by atoms with Gasteiger partial charge in [-0.2, -0.15) is 0 Å². The minimum Gasteiger partial charge on any atom is -0.348 e. The predicted molar refractivity (Wildman–Crippen MR) is 99.1 cm³/mol. The van der Waals surface area contributed by atoms with Gasteiger partial charge in [0.05, 0.1) is 4.90 Å². The molecule has 1 atom stereocenters. The number of aryl methyl sites for hydroxylation is 2. The number of carbonyl (C=O) groups is 1. The van der Waals surface area contributed by atoms with Gasteiger partial charge in [0.1, 0.15) is 0 Å². The third-order valence-electron chi connectivity index (χ3n) is 3.92. The van der Waals surface area contributed by atoms with Gasteiger partial charge < -0.3 is 11.1 Å². The Balaban J connectivity index is 2.17. The maximum Gasteiger partial charge on any atom is 0.261 e. The molecule has 0 spiro atoms. The van der Waals surface area contributed by atoms with E-state index in [4.69, 9.17) is 5.73 Å². The van der Waals surface area contributed by atoms with Gasteiger partial charge in [-0.1, -0.05) is 6.07 Å². The van der Waals surface area contributed by atoms with Gasteiger partial charge in [-0.25, -0.2) is 8.42 Å². The van der Waals surface area contributed by atoms with Crippen LogP contribution in [0.15, 0.2) is 47.4 Å². The summed E-state index contributed by atoms with van der Waals surface area (Å²) in [7, 11) is -3.71. The zero-order valence-corrected chi connectivity index (χ0v) is 15.4. The van der Waals surface area contributed by atoms with Crippen LogP contribution in [0.3, 0.4) is 0 Å². The zero-order chi connectivity index (χ0) is 18.6. The molecule has 0 aliphatic rings. The topological polar surface area (TPSA) is 101 Å². The standard InChI is InChI=1S/C18H23N3O3S/c1-12-4-7-16(10-13(12)2)21-25(23,24)17-8-5-15(6-9-17)18(22)20-14(3)11-19/h4-10,14,21H,11,19H2,1-3H3,(H,20,22)/t14-/m0/s1. The van der Waals surface area contributed by atoms with Crippen LogP contribution in [0.2, 0.25) is 0 Å². The summed E-state index contributed by atoms with van der Waals surface area (Å²) < 4.78 is 27.5. The number of nitrogens with two attached hydrogens (primary N) is 1. The van der Waals surface area contributed by atoms with Gasteiger partial charge in [0.2, 0.25) is 0 Å². The monoisotopic (exact) mass is 361 g/mol. The number of amides is 1. The first-order valence-electron chi connectivity index (χ1n) is 7.94. The summed E-state index contributed by atoms with van der Waals surface area (Å²) in [5.74, 6) is -0.288. The molecule has 2 rings (SSSR count). The van der Waals surface area contributed by atoms with E-state index in [1.54, 1.807) is 19.1 Å². The number of sulfonamides is 1. The van der Waals surface area contributed by atoms with Gasteiger partial charge in [0.25, 0.3) is 15.9 Å². The molecule has 2 aromatic carbocycles. The molecule has 0 bridgehead atoms. The van der Waals surface area contributed by atoms with E-state index in [1.807, 2.05) is 19.9 Å². The summed E-state index contributed by atoms with van der Waals surface area (Å²) in [6.45, 7) is 6.01. The highest BCUT2D eigenvalue weighted by atomic mass is 32.2. The highest BCUT2D eigenvalue weighted by Gasteiger charge is 2.16. The Kier molecular flexibility index (Phi) is 5.81. The molecule has 0 radical (unpaired) electrons. The molecular weight excluding hydrogens is 338 g/mol. The molecular formula is C18H23N3O3S. The largest absolute Gasteiger partial charge is 0.348 e. The normalized spacial score (nSPS) is 12.5. The first-order valence-corrected chi connectivity index (χ1v) is 9.42. The fourth-order valence-corrected chi connectivity index (χ4v) is 3.22. The number of anilines is 1. The Hall–Kier alpha value is -2.38. The quantitative estimate of drug-likeness (QED) is 0.734. The fraction of sp³-hybridized carbons (Fsp3) is 0.278. The van der Waals surface area contributed by atoms with Crippen LogP contribution in [-0.4, -0.2) is 26.9 Å². The highest BCUT2D eigenvalue weighted by molar-refractivity contribution is 7.92. The Labute approximate surface area is 148 Å². The molecule has 7 heteroatoms. The number of nitrogens with one attached hydrogen (secondary N) is 2. The van der Waals surface area contributed by atoms with Crippen LogP contribution in [0.25, 0.3) is 0 Å². The lowest BCUT2D eigenvalue weighted by Crippen LogP contribution is -2.37. The van der Waals surface area contributed by atoms with Gasteiger partial charge in [0.15, 0.2) is 0 Å². The predicted octanol–water partition coefficient (Wildman–Crippen LogP) is 2.18. The van der Waals surface area contributed by atoms with Crippen LogP contribution in [-0.2, 0) is 10.0 Å². The van der Waals surface area contributed by atoms with Crippen molar-refractivity contribution in [2.75, 3.05) is 11.3 Å². The molecule has 0 fully saturated rings. The van der Waals surface area contributed by atoms with E-state index in [-0.39, 0.29) is 16.8 Å². The first-order chi connectivity index (χ1) is 11.7. The van der Waals surface area contributed by atoms with Crippen LogP contribution < -0.4 is 15.8 Å². The van der Waals surface area contributed by atoms with Crippen molar-refractivity contribution in [2.45, 2.75) is 31.7 Å². The summed E-state index contributed by atoms with van der Waals surface area (Å²) in [6, 6.07) is 11.0. The van der Waals surface area contributed by atoms with Crippen LogP contribution >= 0.6 is 0 Å². The minimum absolute atomic E-state index is 0.0918. The van der Waals surface area contributed by atoms with Crippen LogP contribution in [0.5, 0.6) is 0 Å².